The summed E-state index contributed by atoms with van der Waals surface area (Å²) in [5, 5.41) is 0. The van der Waals surface area contributed by atoms with E-state index in [2.05, 4.69) is 0 Å². The number of halogens is 2. The summed E-state index contributed by atoms with van der Waals surface area (Å²) in [4.78, 5) is 11.8. The zero-order valence-electron chi connectivity index (χ0n) is 9.32. The highest BCUT2D eigenvalue weighted by atomic mass is 19.1. The van der Waals surface area contributed by atoms with E-state index in [1.165, 1.54) is 13.0 Å². The van der Waals surface area contributed by atoms with E-state index in [4.69, 9.17) is 0 Å². The van der Waals surface area contributed by atoms with Crippen LogP contribution in [0.5, 0.6) is 0 Å². The first-order valence-electron chi connectivity index (χ1n) is 4.74. The zero-order valence-corrected chi connectivity index (χ0v) is 9.32. The number of aryl methyl sites for hydroxylation is 1. The Hall–Kier alpha value is -1.25. The van der Waals surface area contributed by atoms with Crippen LogP contribution in [0.4, 0.5) is 8.78 Å². The molecule has 0 aliphatic rings. The molecule has 0 saturated heterocycles. The minimum atomic E-state index is -0.793. The molecule has 0 unspecified atom stereocenters. The number of hydrogen-bond donors (Lipinski definition) is 0. The highest BCUT2D eigenvalue weighted by Crippen LogP contribution is 2.25. The normalized spacial score (nSPS) is 11.6. The quantitative estimate of drug-likeness (QED) is 0.651. The van der Waals surface area contributed by atoms with Gasteiger partial charge in [-0.3, -0.25) is 4.79 Å². The van der Waals surface area contributed by atoms with E-state index >= 15 is 0 Å². The maximum absolute atomic E-state index is 13.6. The van der Waals surface area contributed by atoms with Gasteiger partial charge in [-0.05, 0) is 18.6 Å². The topological polar surface area (TPSA) is 17.1 Å². The molecule has 1 rings (SSSR count). The summed E-state index contributed by atoms with van der Waals surface area (Å²) in [6.07, 6.45) is 0. The van der Waals surface area contributed by atoms with Crippen molar-refractivity contribution < 1.29 is 13.6 Å². The Balaban J connectivity index is 3.38. The number of benzene rings is 1. The molecule has 0 aliphatic heterocycles. The third-order valence-corrected chi connectivity index (χ3v) is 2.19. The third-order valence-electron chi connectivity index (χ3n) is 2.19. The molecule has 0 bridgehead atoms. The molecular formula is C12H14F2O. The molecule has 0 aliphatic carbocycles. The fourth-order valence-electron chi connectivity index (χ4n) is 1.24. The second kappa shape index (κ2) is 3.72. The lowest BCUT2D eigenvalue weighted by Gasteiger charge is -2.18. The Morgan fingerprint density at radius 3 is 2.20 bits per heavy atom. The lowest BCUT2D eigenvalue weighted by atomic mass is 9.85. The number of Topliss-reactive ketones (excluding diaryl/α,β-unsaturated/α-hetero) is 1. The molecule has 0 atom stereocenters. The lowest BCUT2D eigenvalue weighted by molar-refractivity contribution is 0.0849. The van der Waals surface area contributed by atoms with Gasteiger partial charge in [-0.1, -0.05) is 26.8 Å². The van der Waals surface area contributed by atoms with Gasteiger partial charge in [0, 0.05) is 5.41 Å². The van der Waals surface area contributed by atoms with Gasteiger partial charge in [0.15, 0.2) is 5.78 Å². The standard InChI is InChI=1S/C12H14F2O/c1-7-5-6-8(13)9(10(7)14)11(15)12(2,3)4/h5-6H,1-4H3. The average Bonchev–Trinajstić information content (AvgIpc) is 2.10. The molecule has 0 fully saturated rings. The fraction of sp³-hybridized carbons (Fsp3) is 0.417. The first-order valence-corrected chi connectivity index (χ1v) is 4.74. The predicted molar refractivity (Wildman–Crippen MR) is 54.9 cm³/mol. The molecule has 0 aromatic heterocycles. The summed E-state index contributed by atoms with van der Waals surface area (Å²) in [5.41, 5.74) is -0.929. The first kappa shape index (κ1) is 11.8. The molecule has 0 spiro atoms. The molecule has 0 N–H and O–H groups in total. The van der Waals surface area contributed by atoms with Crippen LogP contribution in [0.3, 0.4) is 0 Å². The van der Waals surface area contributed by atoms with Crippen LogP contribution < -0.4 is 0 Å². The largest absolute Gasteiger partial charge is 0.293 e. The molecule has 3 heteroatoms. The van der Waals surface area contributed by atoms with Crippen LogP contribution in [0.1, 0.15) is 36.7 Å². The van der Waals surface area contributed by atoms with Gasteiger partial charge >= 0.3 is 0 Å². The van der Waals surface area contributed by atoms with E-state index in [-0.39, 0.29) is 5.56 Å². The van der Waals surface area contributed by atoms with Crippen LogP contribution in [0, 0.1) is 24.0 Å². The van der Waals surface area contributed by atoms with Gasteiger partial charge in [0.2, 0.25) is 0 Å². The van der Waals surface area contributed by atoms with Crippen LogP contribution in [0.25, 0.3) is 0 Å². The van der Waals surface area contributed by atoms with Crippen molar-refractivity contribution >= 4 is 5.78 Å². The molecule has 0 amide bonds. The van der Waals surface area contributed by atoms with E-state index in [0.29, 0.717) is 0 Å². The van der Waals surface area contributed by atoms with Crippen molar-refractivity contribution in [2.45, 2.75) is 27.7 Å². The summed E-state index contributed by atoms with van der Waals surface area (Å²) in [6, 6.07) is 2.45. The number of carbonyl (C=O) groups excluding carboxylic acids is 1. The van der Waals surface area contributed by atoms with E-state index in [1.807, 2.05) is 0 Å². The second-order valence-electron chi connectivity index (χ2n) is 4.63. The Bertz CT molecular complexity index is 403. The average molecular weight is 212 g/mol. The Kier molecular flexibility index (Phi) is 2.93. The van der Waals surface area contributed by atoms with E-state index in [0.717, 1.165) is 6.07 Å². The SMILES string of the molecule is Cc1ccc(F)c(C(=O)C(C)(C)C)c1F. The lowest BCUT2D eigenvalue weighted by Crippen LogP contribution is -2.23. The minimum Gasteiger partial charge on any atom is -0.293 e. The number of hydrogen-bond acceptors (Lipinski definition) is 1. The van der Waals surface area contributed by atoms with Gasteiger partial charge in [0.25, 0.3) is 0 Å². The zero-order chi connectivity index (χ0) is 11.8. The third kappa shape index (κ3) is 2.22. The number of rotatable bonds is 1. The summed E-state index contributed by atoms with van der Waals surface area (Å²) < 4.78 is 26.9. The van der Waals surface area contributed by atoms with Crippen molar-refractivity contribution in [2.24, 2.45) is 5.41 Å². The van der Waals surface area contributed by atoms with Crippen LogP contribution in [-0.2, 0) is 0 Å². The Morgan fingerprint density at radius 1 is 1.20 bits per heavy atom. The summed E-state index contributed by atoms with van der Waals surface area (Å²) >= 11 is 0. The molecule has 0 radical (unpaired) electrons. The molecule has 0 saturated carbocycles. The monoisotopic (exact) mass is 212 g/mol. The molecule has 0 heterocycles. The van der Waals surface area contributed by atoms with Crippen LogP contribution in [0.15, 0.2) is 12.1 Å². The van der Waals surface area contributed by atoms with Crippen LogP contribution >= 0.6 is 0 Å². The summed E-state index contributed by atoms with van der Waals surface area (Å²) in [5.74, 6) is -2.06. The molecule has 82 valence electrons. The molecule has 15 heavy (non-hydrogen) atoms. The van der Waals surface area contributed by atoms with Gasteiger partial charge in [-0.25, -0.2) is 8.78 Å². The number of ketones is 1. The van der Waals surface area contributed by atoms with Crippen molar-refractivity contribution in [1.29, 1.82) is 0 Å². The molecule has 1 nitrogen and oxygen atoms in total. The van der Waals surface area contributed by atoms with Crippen molar-refractivity contribution in [1.82, 2.24) is 0 Å². The van der Waals surface area contributed by atoms with Crippen molar-refractivity contribution in [3.63, 3.8) is 0 Å². The summed E-state index contributed by atoms with van der Waals surface area (Å²) in [7, 11) is 0. The van der Waals surface area contributed by atoms with Gasteiger partial charge < -0.3 is 0 Å². The molecule has 1 aromatic rings. The second-order valence-corrected chi connectivity index (χ2v) is 4.63. The highest BCUT2D eigenvalue weighted by Gasteiger charge is 2.28. The summed E-state index contributed by atoms with van der Waals surface area (Å²) in [6.45, 7) is 6.41. The fourth-order valence-corrected chi connectivity index (χ4v) is 1.24. The highest BCUT2D eigenvalue weighted by molar-refractivity contribution is 6.00. The van der Waals surface area contributed by atoms with Gasteiger partial charge in [-0.2, -0.15) is 0 Å². The number of carbonyl (C=O) groups is 1. The van der Waals surface area contributed by atoms with Gasteiger partial charge in [-0.15, -0.1) is 0 Å². The Morgan fingerprint density at radius 2 is 1.73 bits per heavy atom. The maximum Gasteiger partial charge on any atom is 0.174 e. The van der Waals surface area contributed by atoms with Crippen LogP contribution in [0.2, 0.25) is 0 Å². The van der Waals surface area contributed by atoms with Gasteiger partial charge in [0.1, 0.15) is 11.6 Å². The first-order chi connectivity index (χ1) is 6.75. The molecule has 1 aromatic carbocycles. The van der Waals surface area contributed by atoms with Crippen molar-refractivity contribution in [3.8, 4) is 0 Å². The van der Waals surface area contributed by atoms with E-state index < -0.39 is 28.4 Å². The van der Waals surface area contributed by atoms with E-state index in [1.54, 1.807) is 20.8 Å². The molecular weight excluding hydrogens is 198 g/mol. The van der Waals surface area contributed by atoms with Gasteiger partial charge in [0.05, 0.1) is 5.56 Å². The Labute approximate surface area is 88.1 Å². The van der Waals surface area contributed by atoms with Crippen molar-refractivity contribution in [2.75, 3.05) is 0 Å². The van der Waals surface area contributed by atoms with E-state index in [9.17, 15) is 13.6 Å². The predicted octanol–water partition coefficient (Wildman–Crippen LogP) is 3.50. The van der Waals surface area contributed by atoms with Crippen molar-refractivity contribution in [3.05, 3.63) is 34.9 Å². The minimum absolute atomic E-state index is 0.281. The maximum atomic E-state index is 13.6. The van der Waals surface area contributed by atoms with Crippen LogP contribution in [-0.4, -0.2) is 5.78 Å². The smallest absolute Gasteiger partial charge is 0.174 e.